The molecule has 0 aliphatic heterocycles. The van der Waals surface area contributed by atoms with Crippen LogP contribution in [0, 0.1) is 11.7 Å². The molecule has 1 aliphatic rings. The molecule has 0 bridgehead atoms. The molecule has 0 N–H and O–H groups in total. The summed E-state index contributed by atoms with van der Waals surface area (Å²) >= 11 is 3.15. The predicted octanol–water partition coefficient (Wildman–Crippen LogP) is 5.13. The van der Waals surface area contributed by atoms with Gasteiger partial charge >= 0.3 is 0 Å². The first-order valence-electron chi connectivity index (χ1n) is 6.65. The van der Waals surface area contributed by atoms with Crippen LogP contribution >= 0.6 is 15.9 Å². The van der Waals surface area contributed by atoms with E-state index in [1.165, 1.54) is 38.2 Å². The fourth-order valence-electron chi connectivity index (χ4n) is 2.66. The Labute approximate surface area is 116 Å². The van der Waals surface area contributed by atoms with E-state index < -0.39 is 0 Å². The summed E-state index contributed by atoms with van der Waals surface area (Å²) in [6, 6.07) is 4.65. The lowest BCUT2D eigenvalue weighted by Crippen LogP contribution is -2.09. The van der Waals surface area contributed by atoms with Crippen LogP contribution in [0.5, 0.6) is 0 Å². The second-order valence-corrected chi connectivity index (χ2v) is 5.86. The lowest BCUT2D eigenvalue weighted by atomic mass is 9.85. The van der Waals surface area contributed by atoms with Gasteiger partial charge in [0.2, 0.25) is 0 Å². The zero-order valence-corrected chi connectivity index (χ0v) is 12.0. The summed E-state index contributed by atoms with van der Waals surface area (Å²) in [5.41, 5.74) is 0.478. The summed E-state index contributed by atoms with van der Waals surface area (Å²) < 4.78 is 13.6. The van der Waals surface area contributed by atoms with E-state index >= 15 is 0 Å². The SMILES string of the molecule is O=C(CCC1CCCCC1)c1cccc(F)c1Br. The maximum absolute atomic E-state index is 13.3. The molecule has 1 aliphatic carbocycles. The zero-order valence-electron chi connectivity index (χ0n) is 10.4. The van der Waals surface area contributed by atoms with Crippen LogP contribution in [-0.2, 0) is 0 Å². The second kappa shape index (κ2) is 6.46. The number of hydrogen-bond acceptors (Lipinski definition) is 1. The summed E-state index contributed by atoms with van der Waals surface area (Å²) in [5, 5.41) is 0. The number of benzene rings is 1. The Kier molecular flexibility index (Phi) is 4.93. The molecule has 1 aromatic rings. The average molecular weight is 313 g/mol. The third-order valence-electron chi connectivity index (χ3n) is 3.76. The van der Waals surface area contributed by atoms with Gasteiger partial charge in [0.25, 0.3) is 0 Å². The van der Waals surface area contributed by atoms with Gasteiger partial charge in [-0.15, -0.1) is 0 Å². The van der Waals surface area contributed by atoms with Crippen molar-refractivity contribution < 1.29 is 9.18 Å². The summed E-state index contributed by atoms with van der Waals surface area (Å²) in [6.07, 6.45) is 7.90. The first-order chi connectivity index (χ1) is 8.68. The molecule has 0 unspecified atom stereocenters. The van der Waals surface area contributed by atoms with Gasteiger partial charge in [0.05, 0.1) is 4.47 Å². The first-order valence-corrected chi connectivity index (χ1v) is 7.45. The van der Waals surface area contributed by atoms with E-state index in [0.29, 0.717) is 22.4 Å². The number of ketones is 1. The Morgan fingerprint density at radius 2 is 2.00 bits per heavy atom. The van der Waals surface area contributed by atoms with Crippen molar-refractivity contribution in [2.24, 2.45) is 5.92 Å². The lowest BCUT2D eigenvalue weighted by Gasteiger charge is -2.21. The van der Waals surface area contributed by atoms with Crippen LogP contribution in [0.4, 0.5) is 4.39 Å². The molecule has 1 nitrogen and oxygen atoms in total. The second-order valence-electron chi connectivity index (χ2n) is 5.07. The van der Waals surface area contributed by atoms with Crippen molar-refractivity contribution in [2.45, 2.75) is 44.9 Å². The molecule has 1 saturated carbocycles. The van der Waals surface area contributed by atoms with Crippen molar-refractivity contribution in [3.8, 4) is 0 Å². The van der Waals surface area contributed by atoms with Gasteiger partial charge in [0.1, 0.15) is 5.82 Å². The Hall–Kier alpha value is -0.700. The van der Waals surface area contributed by atoms with E-state index in [1.54, 1.807) is 12.1 Å². The first kappa shape index (κ1) is 13.7. The van der Waals surface area contributed by atoms with E-state index in [2.05, 4.69) is 15.9 Å². The van der Waals surface area contributed by atoms with Crippen molar-refractivity contribution in [3.63, 3.8) is 0 Å². The predicted molar refractivity (Wildman–Crippen MR) is 74.2 cm³/mol. The highest BCUT2D eigenvalue weighted by molar-refractivity contribution is 9.10. The maximum Gasteiger partial charge on any atom is 0.164 e. The van der Waals surface area contributed by atoms with E-state index in [9.17, 15) is 9.18 Å². The van der Waals surface area contributed by atoms with Gasteiger partial charge < -0.3 is 0 Å². The smallest absolute Gasteiger partial charge is 0.164 e. The summed E-state index contributed by atoms with van der Waals surface area (Å²) in [7, 11) is 0. The quantitative estimate of drug-likeness (QED) is 0.704. The van der Waals surface area contributed by atoms with Crippen LogP contribution < -0.4 is 0 Å². The van der Waals surface area contributed by atoms with Crippen molar-refractivity contribution in [3.05, 3.63) is 34.1 Å². The van der Waals surface area contributed by atoms with Crippen LogP contribution in [0.1, 0.15) is 55.3 Å². The number of carbonyl (C=O) groups excluding carboxylic acids is 1. The third-order valence-corrected chi connectivity index (χ3v) is 4.56. The minimum atomic E-state index is -0.362. The zero-order chi connectivity index (χ0) is 13.0. The number of Topliss-reactive ketones (excluding diaryl/α,β-unsaturated/α-hetero) is 1. The Bertz CT molecular complexity index is 425. The number of carbonyl (C=O) groups is 1. The van der Waals surface area contributed by atoms with Gasteiger partial charge in [-0.1, -0.05) is 44.2 Å². The van der Waals surface area contributed by atoms with Gasteiger partial charge in [0, 0.05) is 12.0 Å². The summed E-state index contributed by atoms with van der Waals surface area (Å²) in [4.78, 5) is 12.1. The third kappa shape index (κ3) is 3.41. The fraction of sp³-hybridized carbons (Fsp3) is 0.533. The average Bonchev–Trinajstić information content (AvgIpc) is 2.40. The van der Waals surface area contributed by atoms with Gasteiger partial charge in [-0.3, -0.25) is 4.79 Å². The largest absolute Gasteiger partial charge is 0.294 e. The Morgan fingerprint density at radius 3 is 2.72 bits per heavy atom. The summed E-state index contributed by atoms with van der Waals surface area (Å²) in [5.74, 6) is 0.375. The van der Waals surface area contributed by atoms with E-state index in [-0.39, 0.29) is 11.6 Å². The molecule has 0 atom stereocenters. The minimum Gasteiger partial charge on any atom is -0.294 e. The summed E-state index contributed by atoms with van der Waals surface area (Å²) in [6.45, 7) is 0. The molecule has 0 heterocycles. The molecular formula is C15H18BrFO. The highest BCUT2D eigenvalue weighted by atomic mass is 79.9. The Morgan fingerprint density at radius 1 is 1.28 bits per heavy atom. The minimum absolute atomic E-state index is 0.0481. The molecule has 1 aromatic carbocycles. The van der Waals surface area contributed by atoms with Gasteiger partial charge in [-0.2, -0.15) is 0 Å². The molecule has 3 heteroatoms. The van der Waals surface area contributed by atoms with Crippen molar-refractivity contribution in [1.29, 1.82) is 0 Å². The molecule has 0 radical (unpaired) electrons. The fourth-order valence-corrected chi connectivity index (χ4v) is 3.15. The van der Waals surface area contributed by atoms with Gasteiger partial charge in [-0.05, 0) is 34.3 Å². The monoisotopic (exact) mass is 312 g/mol. The molecule has 18 heavy (non-hydrogen) atoms. The number of hydrogen-bond donors (Lipinski definition) is 0. The molecule has 0 saturated heterocycles. The van der Waals surface area contributed by atoms with E-state index in [4.69, 9.17) is 0 Å². The van der Waals surface area contributed by atoms with E-state index in [1.807, 2.05) is 0 Å². The van der Waals surface area contributed by atoms with Crippen LogP contribution in [0.15, 0.2) is 22.7 Å². The van der Waals surface area contributed by atoms with E-state index in [0.717, 1.165) is 6.42 Å². The van der Waals surface area contributed by atoms with Gasteiger partial charge in [-0.25, -0.2) is 4.39 Å². The lowest BCUT2D eigenvalue weighted by molar-refractivity contribution is 0.0969. The molecule has 98 valence electrons. The normalized spacial score (nSPS) is 16.8. The van der Waals surface area contributed by atoms with Crippen LogP contribution in [0.3, 0.4) is 0 Å². The van der Waals surface area contributed by atoms with Gasteiger partial charge in [0.15, 0.2) is 5.78 Å². The highest BCUT2D eigenvalue weighted by Gasteiger charge is 2.17. The van der Waals surface area contributed by atoms with Crippen LogP contribution in [-0.4, -0.2) is 5.78 Å². The molecule has 2 rings (SSSR count). The van der Waals surface area contributed by atoms with Crippen LogP contribution in [0.25, 0.3) is 0 Å². The topological polar surface area (TPSA) is 17.1 Å². The standard InChI is InChI=1S/C15H18BrFO/c16-15-12(7-4-8-13(15)17)14(18)10-9-11-5-2-1-3-6-11/h4,7-8,11H,1-3,5-6,9-10H2. The Balaban J connectivity index is 1.93. The molecule has 0 aromatic heterocycles. The number of rotatable bonds is 4. The number of halogens is 2. The van der Waals surface area contributed by atoms with Crippen molar-refractivity contribution in [2.75, 3.05) is 0 Å². The molecule has 1 fully saturated rings. The van der Waals surface area contributed by atoms with Crippen molar-refractivity contribution in [1.82, 2.24) is 0 Å². The molecule has 0 amide bonds. The maximum atomic E-state index is 13.3. The molecular weight excluding hydrogens is 295 g/mol. The van der Waals surface area contributed by atoms with Crippen LogP contribution in [0.2, 0.25) is 0 Å². The molecule has 0 spiro atoms. The van der Waals surface area contributed by atoms with Crippen molar-refractivity contribution >= 4 is 21.7 Å². The highest BCUT2D eigenvalue weighted by Crippen LogP contribution is 2.29.